The topological polar surface area (TPSA) is 84.7 Å². The van der Waals surface area contributed by atoms with Crippen molar-refractivity contribution in [1.29, 1.82) is 0 Å². The van der Waals surface area contributed by atoms with Crippen LogP contribution in [0.4, 0.5) is 0 Å². The van der Waals surface area contributed by atoms with Gasteiger partial charge in [0.05, 0.1) is 5.69 Å². The smallest absolute Gasteiger partial charge is 0.251 e. The van der Waals surface area contributed by atoms with Crippen LogP contribution in [0.2, 0.25) is 0 Å². The van der Waals surface area contributed by atoms with Gasteiger partial charge in [0.15, 0.2) is 5.16 Å². The van der Waals surface area contributed by atoms with Gasteiger partial charge in [-0.1, -0.05) is 11.8 Å². The van der Waals surface area contributed by atoms with E-state index >= 15 is 0 Å². The van der Waals surface area contributed by atoms with Gasteiger partial charge < -0.3 is 10.7 Å². The number of rotatable bonds is 3. The summed E-state index contributed by atoms with van der Waals surface area (Å²) in [5.74, 6) is 0. The van der Waals surface area contributed by atoms with Crippen molar-refractivity contribution in [2.75, 3.05) is 0 Å². The lowest BCUT2D eigenvalue weighted by Gasteiger charge is -2.05. The Hall–Kier alpha value is -1.66. The fourth-order valence-electron chi connectivity index (χ4n) is 1.43. The molecule has 2 aromatic rings. The average molecular weight is 262 g/mol. The molecular formula is C12H14N4OS. The highest BCUT2D eigenvalue weighted by atomic mass is 32.2. The second-order valence-electron chi connectivity index (χ2n) is 4.00. The standard InChI is InChI=1S/C12H14N4OS/c1-7-5-11(17)16-12(15-7)18-9-3-4-10(8(2)13)14-6-9/h3-6,8H,13H2,1-2H3,(H,15,16,17). The van der Waals surface area contributed by atoms with Gasteiger partial charge in [-0.25, -0.2) is 4.98 Å². The Morgan fingerprint density at radius 3 is 2.78 bits per heavy atom. The predicted molar refractivity (Wildman–Crippen MR) is 70.6 cm³/mol. The van der Waals surface area contributed by atoms with E-state index in [9.17, 15) is 4.79 Å². The molecule has 2 rings (SSSR count). The fraction of sp³-hybridized carbons (Fsp3) is 0.250. The highest BCUT2D eigenvalue weighted by Crippen LogP contribution is 2.23. The van der Waals surface area contributed by atoms with Crippen molar-refractivity contribution < 1.29 is 0 Å². The number of H-pyrrole nitrogens is 1. The molecular weight excluding hydrogens is 248 g/mol. The Bertz CT molecular complexity index is 592. The van der Waals surface area contributed by atoms with E-state index < -0.39 is 0 Å². The van der Waals surface area contributed by atoms with Gasteiger partial charge in [0.1, 0.15) is 0 Å². The van der Waals surface area contributed by atoms with Crippen molar-refractivity contribution in [2.24, 2.45) is 5.73 Å². The summed E-state index contributed by atoms with van der Waals surface area (Å²) < 4.78 is 0. The second-order valence-corrected chi connectivity index (χ2v) is 5.06. The first-order valence-corrected chi connectivity index (χ1v) is 6.33. The normalized spacial score (nSPS) is 12.4. The molecule has 0 amide bonds. The van der Waals surface area contributed by atoms with Crippen molar-refractivity contribution in [1.82, 2.24) is 15.0 Å². The van der Waals surface area contributed by atoms with Gasteiger partial charge >= 0.3 is 0 Å². The number of pyridine rings is 1. The Morgan fingerprint density at radius 2 is 2.22 bits per heavy atom. The van der Waals surface area contributed by atoms with E-state index in [4.69, 9.17) is 5.73 Å². The minimum absolute atomic E-state index is 0.0825. The summed E-state index contributed by atoms with van der Waals surface area (Å²) in [6, 6.07) is 5.17. The molecule has 6 heteroatoms. The summed E-state index contributed by atoms with van der Waals surface area (Å²) in [5, 5.41) is 0.565. The van der Waals surface area contributed by atoms with Crippen LogP contribution in [0.3, 0.4) is 0 Å². The van der Waals surface area contributed by atoms with Gasteiger partial charge in [0.25, 0.3) is 5.56 Å². The Balaban J connectivity index is 2.20. The molecule has 1 unspecified atom stereocenters. The maximum Gasteiger partial charge on any atom is 0.251 e. The zero-order valence-electron chi connectivity index (χ0n) is 10.2. The first-order chi connectivity index (χ1) is 8.54. The molecule has 0 aliphatic rings. The molecule has 94 valence electrons. The van der Waals surface area contributed by atoms with Gasteiger partial charge in [-0.05, 0) is 26.0 Å². The van der Waals surface area contributed by atoms with Crippen molar-refractivity contribution in [3.63, 3.8) is 0 Å². The summed E-state index contributed by atoms with van der Waals surface area (Å²) >= 11 is 1.37. The van der Waals surface area contributed by atoms with Crippen LogP contribution in [0.15, 0.2) is 39.2 Å². The molecule has 0 radical (unpaired) electrons. The molecule has 0 spiro atoms. The Morgan fingerprint density at radius 1 is 1.44 bits per heavy atom. The first-order valence-electron chi connectivity index (χ1n) is 5.52. The number of nitrogens with zero attached hydrogens (tertiary/aromatic N) is 2. The molecule has 5 nitrogen and oxygen atoms in total. The zero-order valence-corrected chi connectivity index (χ0v) is 11.0. The SMILES string of the molecule is Cc1cc(=O)[nH]c(Sc2ccc(C(C)N)nc2)n1. The predicted octanol–water partition coefficient (Wildman–Crippen LogP) is 1.64. The lowest BCUT2D eigenvalue weighted by Crippen LogP contribution is -2.08. The van der Waals surface area contributed by atoms with Gasteiger partial charge in [0.2, 0.25) is 0 Å². The minimum Gasteiger partial charge on any atom is -0.323 e. The van der Waals surface area contributed by atoms with Crippen LogP contribution in [-0.4, -0.2) is 15.0 Å². The van der Waals surface area contributed by atoms with Gasteiger partial charge in [-0.3, -0.25) is 9.78 Å². The van der Waals surface area contributed by atoms with Gasteiger partial charge in [-0.15, -0.1) is 0 Å². The lowest BCUT2D eigenvalue weighted by atomic mass is 10.2. The van der Waals surface area contributed by atoms with E-state index in [-0.39, 0.29) is 11.6 Å². The summed E-state index contributed by atoms with van der Waals surface area (Å²) in [4.78, 5) is 23.4. The Labute approximate surface area is 109 Å². The summed E-state index contributed by atoms with van der Waals surface area (Å²) in [5.41, 5.74) is 7.11. The van der Waals surface area contributed by atoms with Crippen LogP contribution in [-0.2, 0) is 0 Å². The van der Waals surface area contributed by atoms with Crippen LogP contribution in [0, 0.1) is 6.92 Å². The quantitative estimate of drug-likeness (QED) is 0.821. The molecule has 0 aromatic carbocycles. The van der Waals surface area contributed by atoms with E-state index in [1.807, 2.05) is 19.1 Å². The molecule has 0 saturated carbocycles. The highest BCUT2D eigenvalue weighted by Gasteiger charge is 2.04. The molecule has 0 bridgehead atoms. The van der Waals surface area contributed by atoms with E-state index in [1.54, 1.807) is 13.1 Å². The summed E-state index contributed by atoms with van der Waals surface area (Å²) in [6.07, 6.45) is 1.73. The molecule has 0 aliphatic carbocycles. The lowest BCUT2D eigenvalue weighted by molar-refractivity contribution is 0.777. The third kappa shape index (κ3) is 3.18. The van der Waals surface area contributed by atoms with E-state index in [1.165, 1.54) is 17.8 Å². The molecule has 2 aromatic heterocycles. The van der Waals surface area contributed by atoms with Crippen LogP contribution in [0.25, 0.3) is 0 Å². The minimum atomic E-state index is -0.148. The largest absolute Gasteiger partial charge is 0.323 e. The Kier molecular flexibility index (Phi) is 3.78. The first kappa shape index (κ1) is 12.8. The number of nitrogens with one attached hydrogen (secondary N) is 1. The molecule has 0 fully saturated rings. The number of aromatic nitrogens is 3. The van der Waals surface area contributed by atoms with Crippen molar-refractivity contribution in [3.05, 3.63) is 46.1 Å². The number of aryl methyl sites for hydroxylation is 1. The number of nitrogens with two attached hydrogens (primary N) is 1. The fourth-order valence-corrected chi connectivity index (χ4v) is 2.24. The van der Waals surface area contributed by atoms with Crippen molar-refractivity contribution >= 4 is 11.8 Å². The molecule has 3 N–H and O–H groups in total. The van der Waals surface area contributed by atoms with E-state index in [0.717, 1.165) is 10.6 Å². The van der Waals surface area contributed by atoms with Crippen LogP contribution in [0.5, 0.6) is 0 Å². The monoisotopic (exact) mass is 262 g/mol. The molecule has 0 saturated heterocycles. The summed E-state index contributed by atoms with van der Waals surface area (Å²) in [6.45, 7) is 3.67. The van der Waals surface area contributed by atoms with Crippen LogP contribution < -0.4 is 11.3 Å². The van der Waals surface area contributed by atoms with E-state index in [0.29, 0.717) is 10.9 Å². The van der Waals surface area contributed by atoms with Crippen LogP contribution >= 0.6 is 11.8 Å². The maximum absolute atomic E-state index is 11.3. The van der Waals surface area contributed by atoms with Gasteiger partial charge in [-0.2, -0.15) is 0 Å². The zero-order chi connectivity index (χ0) is 13.1. The van der Waals surface area contributed by atoms with Gasteiger partial charge in [0, 0.05) is 28.9 Å². The van der Waals surface area contributed by atoms with E-state index in [2.05, 4.69) is 15.0 Å². The third-order valence-electron chi connectivity index (χ3n) is 2.29. The second kappa shape index (κ2) is 5.32. The third-order valence-corrected chi connectivity index (χ3v) is 3.15. The number of hydrogen-bond donors (Lipinski definition) is 2. The molecule has 0 aliphatic heterocycles. The number of aromatic amines is 1. The summed E-state index contributed by atoms with van der Waals surface area (Å²) in [7, 11) is 0. The van der Waals surface area contributed by atoms with Crippen LogP contribution in [0.1, 0.15) is 24.4 Å². The van der Waals surface area contributed by atoms with Crippen molar-refractivity contribution in [3.8, 4) is 0 Å². The average Bonchev–Trinajstić information content (AvgIpc) is 2.28. The number of hydrogen-bond acceptors (Lipinski definition) is 5. The molecule has 2 heterocycles. The highest BCUT2D eigenvalue weighted by molar-refractivity contribution is 7.99. The van der Waals surface area contributed by atoms with Crippen molar-refractivity contribution in [2.45, 2.75) is 29.9 Å². The molecule has 1 atom stereocenters. The molecule has 18 heavy (non-hydrogen) atoms. The maximum atomic E-state index is 11.3.